The van der Waals surface area contributed by atoms with Gasteiger partial charge in [0.25, 0.3) is 0 Å². The lowest BCUT2D eigenvalue weighted by atomic mass is 10.2. The predicted octanol–water partition coefficient (Wildman–Crippen LogP) is 2.05. The number of anilines is 1. The molecule has 0 bridgehead atoms. The maximum absolute atomic E-state index is 11.1. The van der Waals surface area contributed by atoms with Crippen LogP contribution in [0.2, 0.25) is 5.15 Å². The first kappa shape index (κ1) is 21.4. The van der Waals surface area contributed by atoms with Crippen molar-refractivity contribution in [2.24, 2.45) is 0 Å². The number of carbonyl (C=O) groups excluding carboxylic acids is 1. The molecule has 1 fully saturated rings. The lowest BCUT2D eigenvalue weighted by Gasteiger charge is -2.29. The molecule has 1 aliphatic rings. The number of hydrogen-bond donors (Lipinski definition) is 0. The van der Waals surface area contributed by atoms with E-state index in [0.717, 1.165) is 30.7 Å². The summed E-state index contributed by atoms with van der Waals surface area (Å²) in [7, 11) is 3.35. The lowest BCUT2D eigenvalue weighted by Crippen LogP contribution is -2.38. The van der Waals surface area contributed by atoms with Gasteiger partial charge in [-0.1, -0.05) is 25.4 Å². The van der Waals surface area contributed by atoms with Gasteiger partial charge in [0.1, 0.15) is 10.7 Å². The number of amides is 1. The summed E-state index contributed by atoms with van der Waals surface area (Å²) in [5.74, 6) is 0. The fraction of sp³-hybridized carbons (Fsp3) is 0.611. The van der Waals surface area contributed by atoms with Gasteiger partial charge < -0.3 is 23.8 Å². The quantitative estimate of drug-likeness (QED) is 0.526. The molecule has 150 valence electrons. The first-order valence-electron chi connectivity index (χ1n) is 9.14. The molecule has 0 aromatic carbocycles. The molecular formula is C18H28ClN5O3. The van der Waals surface area contributed by atoms with Crippen LogP contribution < -0.4 is 4.90 Å². The van der Waals surface area contributed by atoms with Crippen LogP contribution in [0.15, 0.2) is 12.4 Å². The standard InChI is InChI=1S/C16H22ClN5O3.C2H6/c1-20(11-23)12(9-24-2)8-22-10-18-15-13(7-14(17)19-16(15)22)21-3-5-25-6-4-21;1-2/h7,10-12H,3-6,8-9H2,1-2H3;1-2H3. The van der Waals surface area contributed by atoms with Crippen LogP contribution in [0.4, 0.5) is 5.69 Å². The molecule has 1 unspecified atom stereocenters. The van der Waals surface area contributed by atoms with Gasteiger partial charge in [0, 0.05) is 39.9 Å². The minimum Gasteiger partial charge on any atom is -0.382 e. The summed E-state index contributed by atoms with van der Waals surface area (Å²) in [6.45, 7) is 7.90. The Labute approximate surface area is 165 Å². The van der Waals surface area contributed by atoms with Crippen molar-refractivity contribution in [2.45, 2.75) is 26.4 Å². The number of halogens is 1. The summed E-state index contributed by atoms with van der Waals surface area (Å²) in [4.78, 5) is 23.9. The Balaban J connectivity index is 0.00000126. The molecule has 0 N–H and O–H groups in total. The Bertz CT molecular complexity index is 733. The molecule has 0 saturated carbocycles. The van der Waals surface area contributed by atoms with Gasteiger partial charge in [0.15, 0.2) is 5.65 Å². The van der Waals surface area contributed by atoms with Crippen LogP contribution >= 0.6 is 11.6 Å². The SMILES string of the molecule is CC.COCC(Cn1cnc2c(N3CCOCC3)cc(Cl)nc21)N(C)C=O. The number of rotatable bonds is 7. The molecule has 8 nitrogen and oxygen atoms in total. The van der Waals surface area contributed by atoms with Crippen molar-refractivity contribution in [3.8, 4) is 0 Å². The minimum atomic E-state index is -0.118. The van der Waals surface area contributed by atoms with E-state index < -0.39 is 0 Å². The largest absolute Gasteiger partial charge is 0.382 e. The molecule has 3 rings (SSSR count). The Morgan fingerprint density at radius 1 is 1.41 bits per heavy atom. The maximum atomic E-state index is 11.1. The van der Waals surface area contributed by atoms with Crippen molar-refractivity contribution in [3.63, 3.8) is 0 Å². The predicted molar refractivity (Wildman–Crippen MR) is 106 cm³/mol. The van der Waals surface area contributed by atoms with E-state index in [2.05, 4.69) is 14.9 Å². The number of carbonyl (C=O) groups is 1. The average molecular weight is 398 g/mol. The van der Waals surface area contributed by atoms with E-state index in [1.165, 1.54) is 0 Å². The van der Waals surface area contributed by atoms with Gasteiger partial charge in [0.05, 0.1) is 37.9 Å². The third-order valence-corrected chi connectivity index (χ3v) is 4.58. The normalized spacial score (nSPS) is 15.2. The van der Waals surface area contributed by atoms with Crippen molar-refractivity contribution in [1.82, 2.24) is 19.4 Å². The second kappa shape index (κ2) is 10.4. The van der Waals surface area contributed by atoms with E-state index in [-0.39, 0.29) is 6.04 Å². The van der Waals surface area contributed by atoms with Gasteiger partial charge in [-0.3, -0.25) is 4.79 Å². The molecule has 2 aromatic heterocycles. The van der Waals surface area contributed by atoms with Crippen molar-refractivity contribution in [2.75, 3.05) is 52.0 Å². The maximum Gasteiger partial charge on any atom is 0.209 e. The highest BCUT2D eigenvalue weighted by Gasteiger charge is 2.21. The lowest BCUT2D eigenvalue weighted by molar-refractivity contribution is -0.120. The summed E-state index contributed by atoms with van der Waals surface area (Å²) in [5.41, 5.74) is 2.47. The smallest absolute Gasteiger partial charge is 0.209 e. The number of nitrogens with zero attached hydrogens (tertiary/aromatic N) is 5. The van der Waals surface area contributed by atoms with Crippen LogP contribution in [0.3, 0.4) is 0 Å². The number of likely N-dealkylation sites (N-methyl/N-ethyl adjacent to an activating group) is 1. The fourth-order valence-corrected chi connectivity index (χ4v) is 3.16. The second-order valence-corrected chi connectivity index (χ2v) is 6.40. The molecule has 1 saturated heterocycles. The Kier molecular flexibility index (Phi) is 8.27. The van der Waals surface area contributed by atoms with Crippen LogP contribution in [0.1, 0.15) is 13.8 Å². The summed E-state index contributed by atoms with van der Waals surface area (Å²) >= 11 is 6.26. The van der Waals surface area contributed by atoms with Gasteiger partial charge in [-0.15, -0.1) is 0 Å². The fourth-order valence-electron chi connectivity index (χ4n) is 2.97. The molecule has 1 atom stereocenters. The van der Waals surface area contributed by atoms with Crippen molar-refractivity contribution in [1.29, 1.82) is 0 Å². The number of methoxy groups -OCH3 is 1. The first-order valence-corrected chi connectivity index (χ1v) is 9.52. The Morgan fingerprint density at radius 3 is 2.74 bits per heavy atom. The van der Waals surface area contributed by atoms with E-state index in [4.69, 9.17) is 21.1 Å². The van der Waals surface area contributed by atoms with E-state index in [1.54, 1.807) is 25.4 Å². The highest BCUT2D eigenvalue weighted by Crippen LogP contribution is 2.28. The van der Waals surface area contributed by atoms with E-state index in [1.807, 2.05) is 24.5 Å². The third kappa shape index (κ3) is 5.09. The molecule has 3 heterocycles. The zero-order chi connectivity index (χ0) is 19.8. The zero-order valence-electron chi connectivity index (χ0n) is 16.4. The molecule has 27 heavy (non-hydrogen) atoms. The molecule has 1 amide bonds. The molecule has 2 aromatic rings. The number of imidazole rings is 1. The zero-order valence-corrected chi connectivity index (χ0v) is 17.1. The van der Waals surface area contributed by atoms with Crippen LogP contribution in [-0.2, 0) is 20.8 Å². The van der Waals surface area contributed by atoms with Gasteiger partial charge in [-0.25, -0.2) is 9.97 Å². The molecule has 0 radical (unpaired) electrons. The number of ether oxygens (including phenoxy) is 2. The summed E-state index contributed by atoms with van der Waals surface area (Å²) in [6, 6.07) is 1.73. The van der Waals surface area contributed by atoms with Crippen LogP contribution in [-0.4, -0.2) is 79.0 Å². The van der Waals surface area contributed by atoms with E-state index in [9.17, 15) is 4.79 Å². The Hall–Kier alpha value is -1.90. The van der Waals surface area contributed by atoms with E-state index >= 15 is 0 Å². The van der Waals surface area contributed by atoms with E-state index in [0.29, 0.717) is 37.2 Å². The van der Waals surface area contributed by atoms with Crippen molar-refractivity contribution >= 4 is 34.9 Å². The monoisotopic (exact) mass is 397 g/mol. The molecule has 9 heteroatoms. The molecular weight excluding hydrogens is 370 g/mol. The third-order valence-electron chi connectivity index (χ3n) is 4.38. The summed E-state index contributed by atoms with van der Waals surface area (Å²) in [6.07, 6.45) is 2.53. The molecule has 0 aliphatic carbocycles. The first-order chi connectivity index (χ1) is 13.1. The number of morpholine rings is 1. The second-order valence-electron chi connectivity index (χ2n) is 6.01. The molecule has 0 spiro atoms. The Morgan fingerprint density at radius 2 is 2.11 bits per heavy atom. The topological polar surface area (TPSA) is 72.7 Å². The number of fused-ring (bicyclic) bond motifs is 1. The van der Waals surface area contributed by atoms with Gasteiger partial charge >= 0.3 is 0 Å². The van der Waals surface area contributed by atoms with Crippen LogP contribution in [0.25, 0.3) is 11.2 Å². The summed E-state index contributed by atoms with van der Waals surface area (Å²) < 4.78 is 12.6. The highest BCUT2D eigenvalue weighted by atomic mass is 35.5. The molecule has 1 aliphatic heterocycles. The van der Waals surface area contributed by atoms with Gasteiger partial charge in [-0.05, 0) is 0 Å². The van der Waals surface area contributed by atoms with Crippen LogP contribution in [0, 0.1) is 0 Å². The van der Waals surface area contributed by atoms with Gasteiger partial charge in [-0.2, -0.15) is 0 Å². The number of hydrogen-bond acceptors (Lipinski definition) is 6. The number of aromatic nitrogens is 3. The average Bonchev–Trinajstić information content (AvgIpc) is 3.11. The summed E-state index contributed by atoms with van der Waals surface area (Å²) in [5, 5.41) is 0.419. The van der Waals surface area contributed by atoms with Crippen molar-refractivity contribution in [3.05, 3.63) is 17.5 Å². The van der Waals surface area contributed by atoms with Crippen LogP contribution in [0.5, 0.6) is 0 Å². The minimum absolute atomic E-state index is 0.118. The highest BCUT2D eigenvalue weighted by molar-refractivity contribution is 6.30. The number of pyridine rings is 1. The van der Waals surface area contributed by atoms with Gasteiger partial charge in [0.2, 0.25) is 6.41 Å². The van der Waals surface area contributed by atoms with Crippen molar-refractivity contribution < 1.29 is 14.3 Å².